The van der Waals surface area contributed by atoms with Gasteiger partial charge in [-0.3, -0.25) is 0 Å². The molecule has 0 saturated carbocycles. The Labute approximate surface area is 114 Å². The van der Waals surface area contributed by atoms with Crippen LogP contribution in [-0.2, 0) is 0 Å². The van der Waals surface area contributed by atoms with E-state index in [1.165, 1.54) is 22.4 Å². The first kappa shape index (κ1) is 13.0. The standard InChI is InChI=1S/C16H19NS/c1-5-15-11-18-14(4)17(15)10-13(3)16-9-7-6-8-12(16)2/h6-11H,4-5H2,1-3H3/b13-10+. The Morgan fingerprint density at radius 2 is 2.11 bits per heavy atom. The molecule has 0 N–H and O–H groups in total. The lowest BCUT2D eigenvalue weighted by atomic mass is 10.0. The second-order valence-corrected chi connectivity index (χ2v) is 5.41. The summed E-state index contributed by atoms with van der Waals surface area (Å²) < 4.78 is 0. The van der Waals surface area contributed by atoms with Crippen LogP contribution in [0.2, 0.25) is 0 Å². The van der Waals surface area contributed by atoms with E-state index in [2.05, 4.69) is 68.1 Å². The van der Waals surface area contributed by atoms with Crippen molar-refractivity contribution < 1.29 is 0 Å². The Morgan fingerprint density at radius 3 is 2.78 bits per heavy atom. The molecule has 2 heteroatoms. The van der Waals surface area contributed by atoms with E-state index in [9.17, 15) is 0 Å². The highest BCUT2D eigenvalue weighted by Gasteiger charge is 2.16. The molecule has 0 radical (unpaired) electrons. The molecule has 0 unspecified atom stereocenters. The summed E-state index contributed by atoms with van der Waals surface area (Å²) in [5.41, 5.74) is 5.21. The van der Waals surface area contributed by atoms with Crippen LogP contribution in [0.25, 0.3) is 5.57 Å². The van der Waals surface area contributed by atoms with E-state index in [-0.39, 0.29) is 0 Å². The summed E-state index contributed by atoms with van der Waals surface area (Å²) in [5.74, 6) is 0. The molecule has 1 aromatic rings. The van der Waals surface area contributed by atoms with E-state index in [1.807, 2.05) is 0 Å². The summed E-state index contributed by atoms with van der Waals surface area (Å²) in [6, 6.07) is 8.48. The first-order valence-corrected chi connectivity index (χ1v) is 7.09. The van der Waals surface area contributed by atoms with E-state index in [4.69, 9.17) is 0 Å². The Morgan fingerprint density at radius 1 is 1.39 bits per heavy atom. The molecule has 0 aromatic heterocycles. The summed E-state index contributed by atoms with van der Waals surface area (Å²) in [6.45, 7) is 10.6. The van der Waals surface area contributed by atoms with Crippen LogP contribution < -0.4 is 0 Å². The number of aryl methyl sites for hydroxylation is 1. The highest BCUT2D eigenvalue weighted by Crippen LogP contribution is 2.36. The fourth-order valence-electron chi connectivity index (χ4n) is 2.10. The first-order chi connectivity index (χ1) is 8.63. The molecule has 1 aliphatic heterocycles. The maximum absolute atomic E-state index is 4.10. The topological polar surface area (TPSA) is 3.24 Å². The van der Waals surface area contributed by atoms with E-state index in [0.29, 0.717) is 0 Å². The Bertz CT molecular complexity index is 526. The minimum atomic E-state index is 1.03. The third kappa shape index (κ3) is 2.54. The molecule has 0 amide bonds. The number of nitrogens with zero attached hydrogens (tertiary/aromatic N) is 1. The van der Waals surface area contributed by atoms with Gasteiger partial charge in [0, 0.05) is 11.9 Å². The lowest BCUT2D eigenvalue weighted by Crippen LogP contribution is -2.09. The normalized spacial score (nSPS) is 16.2. The summed E-state index contributed by atoms with van der Waals surface area (Å²) in [5, 5.41) is 3.27. The van der Waals surface area contributed by atoms with Crippen LogP contribution >= 0.6 is 11.8 Å². The number of thioether (sulfide) groups is 1. The predicted molar refractivity (Wildman–Crippen MR) is 81.8 cm³/mol. The van der Waals surface area contributed by atoms with Gasteiger partial charge in [-0.25, -0.2) is 0 Å². The van der Waals surface area contributed by atoms with Gasteiger partial charge in [-0.05, 0) is 42.4 Å². The zero-order valence-corrected chi connectivity index (χ0v) is 12.1. The predicted octanol–water partition coefficient (Wildman–Crippen LogP) is 5.13. The molecule has 0 atom stereocenters. The largest absolute Gasteiger partial charge is 0.315 e. The molecule has 0 saturated heterocycles. The molecular formula is C16H19NS. The maximum Gasteiger partial charge on any atom is 0.0761 e. The van der Waals surface area contributed by atoms with Crippen molar-refractivity contribution in [3.63, 3.8) is 0 Å². The summed E-state index contributed by atoms with van der Waals surface area (Å²) in [6.07, 6.45) is 3.23. The molecule has 0 fully saturated rings. The molecule has 1 heterocycles. The zero-order chi connectivity index (χ0) is 13.1. The number of allylic oxidation sites excluding steroid dienone is 2. The van der Waals surface area contributed by atoms with Crippen molar-refractivity contribution in [2.75, 3.05) is 0 Å². The number of rotatable bonds is 3. The van der Waals surface area contributed by atoms with Crippen LogP contribution in [0.5, 0.6) is 0 Å². The van der Waals surface area contributed by atoms with Gasteiger partial charge in [-0.15, -0.1) is 0 Å². The van der Waals surface area contributed by atoms with Gasteiger partial charge >= 0.3 is 0 Å². The lowest BCUT2D eigenvalue weighted by Gasteiger charge is -2.19. The molecule has 1 aliphatic rings. The van der Waals surface area contributed by atoms with E-state index in [0.717, 1.165) is 11.4 Å². The van der Waals surface area contributed by atoms with Crippen LogP contribution in [0.1, 0.15) is 31.4 Å². The highest BCUT2D eigenvalue weighted by atomic mass is 32.2. The average Bonchev–Trinajstić information content (AvgIpc) is 2.71. The van der Waals surface area contributed by atoms with Gasteiger partial charge < -0.3 is 4.90 Å². The quantitative estimate of drug-likeness (QED) is 0.738. The average molecular weight is 257 g/mol. The van der Waals surface area contributed by atoms with Crippen molar-refractivity contribution in [1.29, 1.82) is 0 Å². The van der Waals surface area contributed by atoms with Crippen LogP contribution in [0.3, 0.4) is 0 Å². The number of hydrogen-bond donors (Lipinski definition) is 0. The van der Waals surface area contributed by atoms with E-state index >= 15 is 0 Å². The Hall–Kier alpha value is -1.41. The van der Waals surface area contributed by atoms with Gasteiger partial charge in [0.2, 0.25) is 0 Å². The van der Waals surface area contributed by atoms with Crippen LogP contribution in [0, 0.1) is 6.92 Å². The van der Waals surface area contributed by atoms with Crippen molar-refractivity contribution in [1.82, 2.24) is 4.90 Å². The van der Waals surface area contributed by atoms with Gasteiger partial charge in [-0.1, -0.05) is 49.5 Å². The molecule has 1 aromatic carbocycles. The minimum Gasteiger partial charge on any atom is -0.315 e. The molecule has 0 spiro atoms. The highest BCUT2D eigenvalue weighted by molar-refractivity contribution is 8.06. The minimum absolute atomic E-state index is 1.03. The van der Waals surface area contributed by atoms with Crippen LogP contribution in [0.15, 0.2) is 53.2 Å². The molecular weight excluding hydrogens is 238 g/mol. The SMILES string of the molecule is C=C1SC=C(CC)N1/C=C(\C)c1ccccc1C. The molecule has 2 rings (SSSR count). The second-order valence-electron chi connectivity index (χ2n) is 4.47. The molecule has 1 nitrogen and oxygen atoms in total. The summed E-state index contributed by atoms with van der Waals surface area (Å²) >= 11 is 1.70. The van der Waals surface area contributed by atoms with Crippen molar-refractivity contribution >= 4 is 17.3 Å². The van der Waals surface area contributed by atoms with Gasteiger partial charge in [0.05, 0.1) is 5.03 Å². The van der Waals surface area contributed by atoms with Crippen molar-refractivity contribution in [2.24, 2.45) is 0 Å². The fourth-order valence-corrected chi connectivity index (χ4v) is 2.93. The van der Waals surface area contributed by atoms with Gasteiger partial charge in [-0.2, -0.15) is 0 Å². The van der Waals surface area contributed by atoms with E-state index < -0.39 is 0 Å². The second kappa shape index (κ2) is 5.49. The van der Waals surface area contributed by atoms with Crippen molar-refractivity contribution in [3.05, 3.63) is 64.3 Å². The fraction of sp³-hybridized carbons (Fsp3) is 0.250. The van der Waals surface area contributed by atoms with Crippen LogP contribution in [-0.4, -0.2) is 4.90 Å². The molecule has 18 heavy (non-hydrogen) atoms. The smallest absolute Gasteiger partial charge is 0.0761 e. The number of benzene rings is 1. The van der Waals surface area contributed by atoms with Crippen molar-refractivity contribution in [2.45, 2.75) is 27.2 Å². The molecule has 94 valence electrons. The Kier molecular flexibility index (Phi) is 3.97. The number of hydrogen-bond acceptors (Lipinski definition) is 2. The summed E-state index contributed by atoms with van der Waals surface area (Å²) in [4.78, 5) is 2.20. The molecule has 0 bridgehead atoms. The molecule has 0 aliphatic carbocycles. The van der Waals surface area contributed by atoms with Gasteiger partial charge in [0.1, 0.15) is 0 Å². The maximum atomic E-state index is 4.10. The Balaban J connectivity index is 2.31. The van der Waals surface area contributed by atoms with Crippen molar-refractivity contribution in [3.8, 4) is 0 Å². The third-order valence-electron chi connectivity index (χ3n) is 3.16. The first-order valence-electron chi connectivity index (χ1n) is 6.21. The van der Waals surface area contributed by atoms with Gasteiger partial charge in [0.25, 0.3) is 0 Å². The summed E-state index contributed by atoms with van der Waals surface area (Å²) in [7, 11) is 0. The zero-order valence-electron chi connectivity index (χ0n) is 11.2. The third-order valence-corrected chi connectivity index (χ3v) is 4.02. The van der Waals surface area contributed by atoms with Crippen LogP contribution in [0.4, 0.5) is 0 Å². The van der Waals surface area contributed by atoms with Gasteiger partial charge in [0.15, 0.2) is 0 Å². The monoisotopic (exact) mass is 257 g/mol. The van der Waals surface area contributed by atoms with E-state index in [1.54, 1.807) is 11.8 Å². The lowest BCUT2D eigenvalue weighted by molar-refractivity contribution is 0.602.